The Labute approximate surface area is 133 Å². The van der Waals surface area contributed by atoms with Crippen LogP contribution in [0.3, 0.4) is 0 Å². The summed E-state index contributed by atoms with van der Waals surface area (Å²) >= 11 is 1.40. The minimum atomic E-state index is -0.399. The standard InChI is InChI=1S/C15H10FN5OS/c1-23-15-18-14-17-8-11-12(21(14)19-15)5-6-20(13(11)22)10-4-2-3-9(16)7-10/h2-8H,1H3. The number of pyridine rings is 1. The molecule has 0 aliphatic rings. The molecule has 0 atom stereocenters. The number of thioether (sulfide) groups is 1. The van der Waals surface area contributed by atoms with Crippen molar-refractivity contribution in [2.45, 2.75) is 5.16 Å². The molecule has 4 aromatic rings. The predicted octanol–water partition coefficient (Wildman–Crippen LogP) is 2.29. The van der Waals surface area contributed by atoms with E-state index < -0.39 is 5.82 Å². The molecule has 0 saturated heterocycles. The maximum Gasteiger partial charge on any atom is 0.266 e. The highest BCUT2D eigenvalue weighted by Crippen LogP contribution is 2.16. The van der Waals surface area contributed by atoms with E-state index in [4.69, 9.17) is 0 Å². The van der Waals surface area contributed by atoms with Gasteiger partial charge < -0.3 is 0 Å². The van der Waals surface area contributed by atoms with Gasteiger partial charge in [0.1, 0.15) is 5.82 Å². The Balaban J connectivity index is 2.02. The monoisotopic (exact) mass is 327 g/mol. The molecule has 4 rings (SSSR count). The summed E-state index contributed by atoms with van der Waals surface area (Å²) in [5.74, 6) is 0.0359. The van der Waals surface area contributed by atoms with Crippen molar-refractivity contribution in [3.8, 4) is 5.69 Å². The molecule has 0 bridgehead atoms. The van der Waals surface area contributed by atoms with Crippen molar-refractivity contribution < 1.29 is 4.39 Å². The summed E-state index contributed by atoms with van der Waals surface area (Å²) < 4.78 is 16.3. The van der Waals surface area contributed by atoms with E-state index in [0.717, 1.165) is 0 Å². The van der Waals surface area contributed by atoms with Crippen molar-refractivity contribution in [2.75, 3.05) is 6.26 Å². The van der Waals surface area contributed by atoms with Crippen molar-refractivity contribution >= 4 is 28.4 Å². The van der Waals surface area contributed by atoms with E-state index in [2.05, 4.69) is 15.1 Å². The second kappa shape index (κ2) is 5.17. The normalized spacial score (nSPS) is 11.4. The number of benzene rings is 1. The third kappa shape index (κ3) is 2.18. The van der Waals surface area contributed by atoms with Gasteiger partial charge in [0.05, 0.1) is 16.6 Å². The molecule has 0 unspecified atom stereocenters. The van der Waals surface area contributed by atoms with Crippen LogP contribution in [-0.4, -0.2) is 30.4 Å². The third-order valence-electron chi connectivity index (χ3n) is 3.48. The summed E-state index contributed by atoms with van der Waals surface area (Å²) in [6.45, 7) is 0. The molecule has 3 heterocycles. The highest BCUT2D eigenvalue weighted by atomic mass is 32.2. The minimum Gasteiger partial charge on any atom is -0.284 e. The first-order valence-corrected chi connectivity index (χ1v) is 7.97. The van der Waals surface area contributed by atoms with Crippen LogP contribution in [0.2, 0.25) is 0 Å². The van der Waals surface area contributed by atoms with E-state index in [9.17, 15) is 9.18 Å². The number of rotatable bonds is 2. The summed E-state index contributed by atoms with van der Waals surface area (Å²) in [6, 6.07) is 7.62. The molecule has 0 saturated carbocycles. The van der Waals surface area contributed by atoms with Gasteiger partial charge in [-0.1, -0.05) is 17.8 Å². The summed E-state index contributed by atoms with van der Waals surface area (Å²) in [5.41, 5.74) is 0.782. The molecule has 0 amide bonds. The van der Waals surface area contributed by atoms with Gasteiger partial charge in [0.2, 0.25) is 5.16 Å². The summed E-state index contributed by atoms with van der Waals surface area (Å²) in [7, 11) is 0. The maximum absolute atomic E-state index is 13.4. The Hall–Kier alpha value is -2.74. The van der Waals surface area contributed by atoms with Gasteiger partial charge in [-0.25, -0.2) is 9.37 Å². The van der Waals surface area contributed by atoms with E-state index in [1.54, 1.807) is 28.9 Å². The lowest BCUT2D eigenvalue weighted by Crippen LogP contribution is -2.19. The zero-order chi connectivity index (χ0) is 16.0. The highest BCUT2D eigenvalue weighted by Gasteiger charge is 2.11. The molecular formula is C15H10FN5OS. The second-order valence-corrected chi connectivity index (χ2v) is 5.61. The van der Waals surface area contributed by atoms with Gasteiger partial charge in [0, 0.05) is 12.4 Å². The van der Waals surface area contributed by atoms with Crippen LogP contribution in [0.5, 0.6) is 0 Å². The molecule has 0 fully saturated rings. The van der Waals surface area contributed by atoms with Crippen molar-refractivity contribution in [3.05, 3.63) is 58.9 Å². The Kier molecular flexibility index (Phi) is 3.12. The number of aromatic nitrogens is 5. The maximum atomic E-state index is 13.4. The smallest absolute Gasteiger partial charge is 0.266 e. The first kappa shape index (κ1) is 13.9. The number of hydrogen-bond donors (Lipinski definition) is 0. The highest BCUT2D eigenvalue weighted by molar-refractivity contribution is 7.98. The molecule has 23 heavy (non-hydrogen) atoms. The van der Waals surface area contributed by atoms with Crippen LogP contribution < -0.4 is 5.56 Å². The van der Waals surface area contributed by atoms with Gasteiger partial charge in [-0.3, -0.25) is 9.36 Å². The molecule has 0 N–H and O–H groups in total. The molecule has 0 spiro atoms. The summed E-state index contributed by atoms with van der Waals surface area (Å²) in [5, 5.41) is 5.29. The number of fused-ring (bicyclic) bond motifs is 3. The second-order valence-electron chi connectivity index (χ2n) is 4.84. The molecule has 6 nitrogen and oxygen atoms in total. The zero-order valence-corrected chi connectivity index (χ0v) is 12.8. The van der Waals surface area contributed by atoms with Crippen LogP contribution in [-0.2, 0) is 0 Å². The molecule has 0 aliphatic heterocycles. The predicted molar refractivity (Wildman–Crippen MR) is 85.6 cm³/mol. The molecule has 0 radical (unpaired) electrons. The first-order chi connectivity index (χ1) is 11.2. The van der Waals surface area contributed by atoms with Crippen LogP contribution in [0.4, 0.5) is 4.39 Å². The largest absolute Gasteiger partial charge is 0.284 e. The topological polar surface area (TPSA) is 65.1 Å². The summed E-state index contributed by atoms with van der Waals surface area (Å²) in [6.07, 6.45) is 4.94. The van der Waals surface area contributed by atoms with E-state index in [1.807, 2.05) is 6.26 Å². The average molecular weight is 327 g/mol. The van der Waals surface area contributed by atoms with Gasteiger partial charge in [-0.2, -0.15) is 9.50 Å². The van der Waals surface area contributed by atoms with Gasteiger partial charge in [-0.15, -0.1) is 5.10 Å². The molecular weight excluding hydrogens is 317 g/mol. The lowest BCUT2D eigenvalue weighted by molar-refractivity contribution is 0.626. The average Bonchev–Trinajstić information content (AvgIpc) is 2.99. The Morgan fingerprint density at radius 3 is 2.91 bits per heavy atom. The first-order valence-electron chi connectivity index (χ1n) is 6.74. The van der Waals surface area contributed by atoms with E-state index in [1.165, 1.54) is 34.7 Å². The van der Waals surface area contributed by atoms with Gasteiger partial charge >= 0.3 is 0 Å². The van der Waals surface area contributed by atoms with Crippen LogP contribution in [0.1, 0.15) is 0 Å². The van der Waals surface area contributed by atoms with Crippen LogP contribution in [0.15, 0.2) is 52.7 Å². The number of halogens is 1. The van der Waals surface area contributed by atoms with Crippen LogP contribution in [0.25, 0.3) is 22.4 Å². The molecule has 8 heteroatoms. The summed E-state index contributed by atoms with van der Waals surface area (Å²) in [4.78, 5) is 21.1. The van der Waals surface area contributed by atoms with Gasteiger partial charge in [-0.05, 0) is 30.5 Å². The third-order valence-corrected chi connectivity index (χ3v) is 4.02. The Bertz CT molecular complexity index is 1100. The zero-order valence-electron chi connectivity index (χ0n) is 12.0. The fourth-order valence-electron chi connectivity index (χ4n) is 2.42. The van der Waals surface area contributed by atoms with E-state index >= 15 is 0 Å². The fraction of sp³-hybridized carbons (Fsp3) is 0.0667. The van der Waals surface area contributed by atoms with Crippen molar-refractivity contribution in [1.82, 2.24) is 24.1 Å². The number of nitrogens with zero attached hydrogens (tertiary/aromatic N) is 5. The van der Waals surface area contributed by atoms with E-state index in [-0.39, 0.29) is 5.56 Å². The van der Waals surface area contributed by atoms with Crippen molar-refractivity contribution in [2.24, 2.45) is 0 Å². The van der Waals surface area contributed by atoms with Gasteiger partial charge in [0.25, 0.3) is 11.3 Å². The molecule has 0 aliphatic carbocycles. The lowest BCUT2D eigenvalue weighted by atomic mass is 10.2. The SMILES string of the molecule is CSc1nc2ncc3c(=O)n(-c4cccc(F)c4)ccc3n2n1. The van der Waals surface area contributed by atoms with Crippen LogP contribution >= 0.6 is 11.8 Å². The Morgan fingerprint density at radius 1 is 1.26 bits per heavy atom. The van der Waals surface area contributed by atoms with E-state index in [0.29, 0.717) is 27.5 Å². The minimum absolute atomic E-state index is 0.288. The number of hydrogen-bond acceptors (Lipinski definition) is 5. The van der Waals surface area contributed by atoms with Crippen molar-refractivity contribution in [1.29, 1.82) is 0 Å². The molecule has 3 aromatic heterocycles. The quantitative estimate of drug-likeness (QED) is 0.529. The van der Waals surface area contributed by atoms with Gasteiger partial charge in [0.15, 0.2) is 0 Å². The Morgan fingerprint density at radius 2 is 2.13 bits per heavy atom. The van der Waals surface area contributed by atoms with Crippen LogP contribution in [0, 0.1) is 5.82 Å². The van der Waals surface area contributed by atoms with Crippen molar-refractivity contribution in [3.63, 3.8) is 0 Å². The lowest BCUT2D eigenvalue weighted by Gasteiger charge is -2.07. The molecule has 114 valence electrons. The molecule has 1 aromatic carbocycles. The fourth-order valence-corrected chi connectivity index (χ4v) is 2.75.